The van der Waals surface area contributed by atoms with Crippen LogP contribution in [-0.2, 0) is 10.2 Å². The number of methoxy groups -OCH3 is 1. The number of carbonyl (C=O) groups is 1. The molecule has 4 rings (SSSR count). The van der Waals surface area contributed by atoms with E-state index in [2.05, 4.69) is 12.2 Å². The summed E-state index contributed by atoms with van der Waals surface area (Å²) in [6, 6.07) is 4.90. The molecule has 3 heterocycles. The molecule has 3 aliphatic rings. The second kappa shape index (κ2) is 8.77. The highest BCUT2D eigenvalue weighted by Gasteiger charge is 2.48. The van der Waals surface area contributed by atoms with Crippen LogP contribution in [0.2, 0.25) is 5.02 Å². The van der Waals surface area contributed by atoms with E-state index in [1.165, 1.54) is 0 Å². The summed E-state index contributed by atoms with van der Waals surface area (Å²) in [4.78, 5) is 14.4. The van der Waals surface area contributed by atoms with Crippen LogP contribution >= 0.6 is 11.6 Å². The highest BCUT2D eigenvalue weighted by atomic mass is 35.5. The van der Waals surface area contributed by atoms with Crippen LogP contribution < -0.4 is 10.1 Å². The molecule has 8 nitrogen and oxygen atoms in total. The van der Waals surface area contributed by atoms with E-state index in [1.54, 1.807) is 38.8 Å². The first-order valence-electron chi connectivity index (χ1n) is 10.9. The van der Waals surface area contributed by atoms with E-state index >= 15 is 0 Å². The molecule has 2 amide bonds. The fraction of sp³-hybridized carbons (Fsp3) is 0.667. The number of hydrogen-bond acceptors (Lipinski definition) is 4. The first kappa shape index (κ1) is 22.6. The zero-order valence-electron chi connectivity index (χ0n) is 18.1. The monoisotopic (exact) mass is 470 g/mol. The Balaban J connectivity index is 1.30. The molecule has 0 aliphatic carbocycles. The molecule has 0 radical (unpaired) electrons. The second-order valence-corrected chi connectivity index (χ2v) is 11.5. The third-order valence-electron chi connectivity index (χ3n) is 6.92. The molecule has 0 aromatic heterocycles. The Morgan fingerprint density at radius 3 is 2.35 bits per heavy atom. The Morgan fingerprint density at radius 2 is 1.74 bits per heavy atom. The van der Waals surface area contributed by atoms with Crippen LogP contribution in [-0.4, -0.2) is 74.3 Å². The quantitative estimate of drug-likeness (QED) is 0.732. The van der Waals surface area contributed by atoms with E-state index < -0.39 is 10.2 Å². The summed E-state index contributed by atoms with van der Waals surface area (Å²) in [5, 5.41) is 3.39. The van der Waals surface area contributed by atoms with Crippen LogP contribution in [0.4, 0.5) is 10.5 Å². The summed E-state index contributed by atoms with van der Waals surface area (Å²) < 4.78 is 34.5. The van der Waals surface area contributed by atoms with Crippen molar-refractivity contribution >= 4 is 33.5 Å². The van der Waals surface area contributed by atoms with Crippen molar-refractivity contribution in [3.05, 3.63) is 23.2 Å². The van der Waals surface area contributed by atoms with Crippen LogP contribution in [0.5, 0.6) is 5.75 Å². The molecule has 31 heavy (non-hydrogen) atoms. The summed E-state index contributed by atoms with van der Waals surface area (Å²) in [6.45, 7) is 5.72. The predicted molar refractivity (Wildman–Crippen MR) is 121 cm³/mol. The molecule has 0 bridgehead atoms. The Morgan fingerprint density at radius 1 is 1.13 bits per heavy atom. The summed E-state index contributed by atoms with van der Waals surface area (Å²) in [6.07, 6.45) is 3.42. The lowest BCUT2D eigenvalue weighted by Crippen LogP contribution is -2.63. The average Bonchev–Trinajstić information content (AvgIpc) is 2.72. The highest BCUT2D eigenvalue weighted by molar-refractivity contribution is 7.86. The van der Waals surface area contributed by atoms with E-state index in [1.807, 2.05) is 0 Å². The van der Waals surface area contributed by atoms with Gasteiger partial charge in [0.2, 0.25) is 0 Å². The maximum Gasteiger partial charge on any atom is 0.321 e. The fourth-order valence-corrected chi connectivity index (χ4v) is 6.58. The number of nitrogens with one attached hydrogen (secondary N) is 1. The van der Waals surface area contributed by atoms with Crippen molar-refractivity contribution in [3.63, 3.8) is 0 Å². The first-order chi connectivity index (χ1) is 14.7. The SMILES string of the molecule is COc1ccc(Cl)cc1NC(=O)N1CC2(CCN(S(=O)(=O)N3CCC(C)CC3)CC2)C1. The van der Waals surface area contributed by atoms with Gasteiger partial charge in [0.25, 0.3) is 10.2 Å². The largest absolute Gasteiger partial charge is 0.495 e. The summed E-state index contributed by atoms with van der Waals surface area (Å²) in [5.74, 6) is 1.15. The van der Waals surface area contributed by atoms with Crippen LogP contribution in [0, 0.1) is 11.3 Å². The number of nitrogens with zero attached hydrogens (tertiary/aromatic N) is 3. The number of ether oxygens (including phenoxy) is 1. The molecule has 1 aromatic carbocycles. The van der Waals surface area contributed by atoms with Gasteiger partial charge < -0.3 is 15.0 Å². The first-order valence-corrected chi connectivity index (χ1v) is 12.6. The molecule has 1 spiro atoms. The minimum absolute atomic E-state index is 0.0121. The van der Waals surface area contributed by atoms with Gasteiger partial charge in [0.05, 0.1) is 12.8 Å². The van der Waals surface area contributed by atoms with Crippen LogP contribution in [0.25, 0.3) is 0 Å². The molecular weight excluding hydrogens is 440 g/mol. The van der Waals surface area contributed by atoms with Crippen LogP contribution in [0.3, 0.4) is 0 Å². The zero-order chi connectivity index (χ0) is 22.2. The van der Waals surface area contributed by atoms with Gasteiger partial charge in [0, 0.05) is 49.7 Å². The van der Waals surface area contributed by atoms with E-state index in [9.17, 15) is 13.2 Å². The van der Waals surface area contributed by atoms with Crippen molar-refractivity contribution < 1.29 is 17.9 Å². The molecule has 1 aromatic rings. The Labute approximate surface area is 189 Å². The normalized spacial score (nSPS) is 22.9. The van der Waals surface area contributed by atoms with Gasteiger partial charge in [-0.3, -0.25) is 0 Å². The molecule has 3 aliphatic heterocycles. The minimum atomic E-state index is -3.38. The Kier molecular flexibility index (Phi) is 6.40. The maximum absolute atomic E-state index is 13.0. The van der Waals surface area contributed by atoms with Gasteiger partial charge >= 0.3 is 6.03 Å². The Hall–Kier alpha value is -1.55. The molecule has 172 valence electrons. The van der Waals surface area contributed by atoms with E-state index in [0.717, 1.165) is 25.7 Å². The van der Waals surface area contributed by atoms with Crippen molar-refractivity contribution in [1.29, 1.82) is 0 Å². The molecular formula is C21H31ClN4O4S. The standard InChI is InChI=1S/C21H31ClN4O4S/c1-16-5-9-25(10-6-16)31(28,29)26-11-7-21(8-12-26)14-24(15-21)20(27)23-18-13-17(22)3-4-19(18)30-2/h3-4,13,16H,5-12,14-15H2,1-2H3,(H,23,27). The molecule has 10 heteroatoms. The lowest BCUT2D eigenvalue weighted by atomic mass is 9.72. The van der Waals surface area contributed by atoms with Gasteiger partial charge in [-0.15, -0.1) is 0 Å². The molecule has 3 saturated heterocycles. The number of amides is 2. The maximum atomic E-state index is 13.0. The van der Waals surface area contributed by atoms with Gasteiger partial charge in [-0.05, 0) is 49.8 Å². The summed E-state index contributed by atoms with van der Waals surface area (Å²) in [7, 11) is -1.83. The number of urea groups is 1. The predicted octanol–water partition coefficient (Wildman–Crippen LogP) is 3.26. The molecule has 0 saturated carbocycles. The number of hydrogen-bond donors (Lipinski definition) is 1. The number of benzene rings is 1. The summed E-state index contributed by atoms with van der Waals surface area (Å²) in [5.41, 5.74) is 0.552. The van der Waals surface area contributed by atoms with Gasteiger partial charge in [-0.2, -0.15) is 17.0 Å². The number of halogens is 1. The lowest BCUT2D eigenvalue weighted by molar-refractivity contribution is -0.00421. The minimum Gasteiger partial charge on any atom is -0.495 e. The third kappa shape index (κ3) is 4.65. The number of likely N-dealkylation sites (tertiary alicyclic amines) is 1. The average molecular weight is 471 g/mol. The number of carbonyl (C=O) groups excluding carboxylic acids is 1. The second-order valence-electron chi connectivity index (χ2n) is 9.12. The highest BCUT2D eigenvalue weighted by Crippen LogP contribution is 2.42. The van der Waals surface area contributed by atoms with Crippen molar-refractivity contribution in [1.82, 2.24) is 13.5 Å². The number of rotatable bonds is 4. The lowest BCUT2D eigenvalue weighted by Gasteiger charge is -2.53. The van der Waals surface area contributed by atoms with Crippen molar-refractivity contribution in [2.75, 3.05) is 51.7 Å². The van der Waals surface area contributed by atoms with Crippen LogP contribution in [0.1, 0.15) is 32.6 Å². The van der Waals surface area contributed by atoms with Crippen molar-refractivity contribution in [2.24, 2.45) is 11.3 Å². The van der Waals surface area contributed by atoms with E-state index in [0.29, 0.717) is 61.6 Å². The zero-order valence-corrected chi connectivity index (χ0v) is 19.7. The van der Waals surface area contributed by atoms with E-state index in [-0.39, 0.29) is 11.4 Å². The van der Waals surface area contributed by atoms with Crippen molar-refractivity contribution in [3.8, 4) is 5.75 Å². The van der Waals surface area contributed by atoms with Gasteiger partial charge in [0.15, 0.2) is 0 Å². The number of piperidine rings is 2. The van der Waals surface area contributed by atoms with Crippen LogP contribution in [0.15, 0.2) is 18.2 Å². The Bertz CT molecular complexity index is 917. The number of anilines is 1. The smallest absolute Gasteiger partial charge is 0.321 e. The van der Waals surface area contributed by atoms with Gasteiger partial charge in [0.1, 0.15) is 5.75 Å². The molecule has 0 atom stereocenters. The molecule has 0 unspecified atom stereocenters. The fourth-order valence-electron chi connectivity index (χ4n) is 4.77. The van der Waals surface area contributed by atoms with Crippen molar-refractivity contribution in [2.45, 2.75) is 32.6 Å². The molecule has 1 N–H and O–H groups in total. The summed E-state index contributed by atoms with van der Waals surface area (Å²) >= 11 is 6.04. The van der Waals surface area contributed by atoms with Gasteiger partial charge in [-0.25, -0.2) is 4.79 Å². The van der Waals surface area contributed by atoms with E-state index in [4.69, 9.17) is 16.3 Å². The topological polar surface area (TPSA) is 82.2 Å². The molecule has 3 fully saturated rings. The third-order valence-corrected chi connectivity index (χ3v) is 9.19. The van der Waals surface area contributed by atoms with Gasteiger partial charge in [-0.1, -0.05) is 18.5 Å².